The van der Waals surface area contributed by atoms with Gasteiger partial charge in [-0.3, -0.25) is 14.4 Å². The first-order valence-corrected chi connectivity index (χ1v) is 8.63. The van der Waals surface area contributed by atoms with E-state index in [0.717, 1.165) is 0 Å². The molecular weight excluding hydrogens is 338 g/mol. The van der Waals surface area contributed by atoms with Gasteiger partial charge in [0.1, 0.15) is 17.5 Å². The maximum atomic E-state index is 12.9. The number of piperazine rings is 1. The van der Waals surface area contributed by atoms with Crippen molar-refractivity contribution in [3.63, 3.8) is 0 Å². The maximum Gasteiger partial charge on any atom is 0.257 e. The molecule has 1 N–H and O–H groups in total. The Morgan fingerprint density at radius 1 is 1.08 bits per heavy atom. The molecule has 0 spiro atoms. The number of benzene rings is 1. The molecule has 1 aromatic rings. The second-order valence-corrected chi connectivity index (χ2v) is 6.34. The van der Waals surface area contributed by atoms with E-state index in [9.17, 15) is 14.4 Å². The van der Waals surface area contributed by atoms with E-state index in [1.54, 1.807) is 35.1 Å². The Balaban J connectivity index is 1.63. The number of hydrogen-bond acceptors (Lipinski definition) is 5. The fourth-order valence-corrected chi connectivity index (χ4v) is 3.30. The van der Waals surface area contributed by atoms with Crippen LogP contribution in [0.1, 0.15) is 23.2 Å². The first kappa shape index (κ1) is 18.0. The van der Waals surface area contributed by atoms with Crippen LogP contribution in [0.15, 0.2) is 18.2 Å². The van der Waals surface area contributed by atoms with E-state index in [-0.39, 0.29) is 17.7 Å². The zero-order valence-corrected chi connectivity index (χ0v) is 15.0. The molecule has 0 aromatic heterocycles. The summed E-state index contributed by atoms with van der Waals surface area (Å²) in [5, 5.41) is 2.70. The molecule has 8 nitrogen and oxygen atoms in total. The Bertz CT molecular complexity index is 713. The third kappa shape index (κ3) is 3.58. The van der Waals surface area contributed by atoms with E-state index in [2.05, 4.69) is 5.32 Å². The Morgan fingerprint density at radius 2 is 1.77 bits per heavy atom. The van der Waals surface area contributed by atoms with Crippen molar-refractivity contribution >= 4 is 17.7 Å². The van der Waals surface area contributed by atoms with Crippen molar-refractivity contribution in [2.75, 3.05) is 40.4 Å². The van der Waals surface area contributed by atoms with Gasteiger partial charge >= 0.3 is 0 Å². The zero-order chi connectivity index (χ0) is 18.7. The van der Waals surface area contributed by atoms with Crippen molar-refractivity contribution in [3.8, 4) is 11.5 Å². The van der Waals surface area contributed by atoms with Gasteiger partial charge in [0.25, 0.3) is 5.91 Å². The minimum Gasteiger partial charge on any atom is -0.497 e. The standard InChI is InChI=1S/C18H23N3O5/c1-25-12-3-5-15(26-2)13(11-12)17(23)20-7-9-21(10-8-20)18(24)14-4-6-16(22)19-14/h3,5,11,14H,4,6-10H2,1-2H3,(H,19,22). The van der Waals surface area contributed by atoms with Crippen molar-refractivity contribution in [3.05, 3.63) is 23.8 Å². The summed E-state index contributed by atoms with van der Waals surface area (Å²) in [5.74, 6) is 0.772. The van der Waals surface area contributed by atoms with Gasteiger partial charge in [-0.15, -0.1) is 0 Å². The zero-order valence-electron chi connectivity index (χ0n) is 15.0. The van der Waals surface area contributed by atoms with Crippen molar-refractivity contribution in [2.45, 2.75) is 18.9 Å². The molecule has 0 aliphatic carbocycles. The molecule has 1 unspecified atom stereocenters. The van der Waals surface area contributed by atoms with Gasteiger partial charge in [-0.1, -0.05) is 0 Å². The lowest BCUT2D eigenvalue weighted by Gasteiger charge is -2.36. The van der Waals surface area contributed by atoms with Crippen molar-refractivity contribution in [1.29, 1.82) is 0 Å². The second-order valence-electron chi connectivity index (χ2n) is 6.34. The molecule has 2 aliphatic heterocycles. The van der Waals surface area contributed by atoms with Crippen molar-refractivity contribution < 1.29 is 23.9 Å². The van der Waals surface area contributed by atoms with Crippen LogP contribution in [0.4, 0.5) is 0 Å². The van der Waals surface area contributed by atoms with Gasteiger partial charge in [0.2, 0.25) is 11.8 Å². The van der Waals surface area contributed by atoms with E-state index in [4.69, 9.17) is 9.47 Å². The van der Waals surface area contributed by atoms with E-state index < -0.39 is 6.04 Å². The Hall–Kier alpha value is -2.77. The van der Waals surface area contributed by atoms with Gasteiger partial charge < -0.3 is 24.6 Å². The minimum absolute atomic E-state index is 0.0677. The van der Waals surface area contributed by atoms with Crippen LogP contribution >= 0.6 is 0 Å². The molecule has 8 heteroatoms. The lowest BCUT2D eigenvalue weighted by Crippen LogP contribution is -2.54. The summed E-state index contributed by atoms with van der Waals surface area (Å²) in [4.78, 5) is 40.0. The summed E-state index contributed by atoms with van der Waals surface area (Å²) in [6.45, 7) is 1.77. The maximum absolute atomic E-state index is 12.9. The Morgan fingerprint density at radius 3 is 2.35 bits per heavy atom. The van der Waals surface area contributed by atoms with E-state index in [1.807, 2.05) is 0 Å². The van der Waals surface area contributed by atoms with Crippen molar-refractivity contribution in [1.82, 2.24) is 15.1 Å². The predicted molar refractivity (Wildman–Crippen MR) is 93.2 cm³/mol. The number of carbonyl (C=O) groups is 3. The first-order chi connectivity index (χ1) is 12.5. The largest absolute Gasteiger partial charge is 0.497 e. The lowest BCUT2D eigenvalue weighted by atomic mass is 10.1. The molecule has 2 fully saturated rings. The summed E-state index contributed by atoms with van der Waals surface area (Å²) < 4.78 is 10.5. The second kappa shape index (κ2) is 7.63. The average molecular weight is 361 g/mol. The molecule has 0 radical (unpaired) electrons. The summed E-state index contributed by atoms with van der Waals surface area (Å²) in [6, 6.07) is 4.67. The number of ether oxygens (including phenoxy) is 2. The SMILES string of the molecule is COc1ccc(OC)c(C(=O)N2CCN(C(=O)C3CCC(=O)N3)CC2)c1. The van der Waals surface area contributed by atoms with Gasteiger partial charge in [-0.05, 0) is 24.6 Å². The average Bonchev–Trinajstić information content (AvgIpc) is 3.12. The molecule has 0 bridgehead atoms. The van der Waals surface area contributed by atoms with Gasteiger partial charge in [-0.2, -0.15) is 0 Å². The van der Waals surface area contributed by atoms with Crippen LogP contribution in [0.5, 0.6) is 11.5 Å². The topological polar surface area (TPSA) is 88.2 Å². The third-order valence-corrected chi connectivity index (χ3v) is 4.81. The molecule has 140 valence electrons. The molecule has 2 heterocycles. The van der Waals surface area contributed by atoms with Crippen LogP contribution in [-0.4, -0.2) is 74.0 Å². The van der Waals surface area contributed by atoms with Crippen LogP contribution in [0.2, 0.25) is 0 Å². The highest BCUT2D eigenvalue weighted by atomic mass is 16.5. The number of methoxy groups -OCH3 is 2. The van der Waals surface area contributed by atoms with Gasteiger partial charge in [0.05, 0.1) is 19.8 Å². The fraction of sp³-hybridized carbons (Fsp3) is 0.500. The van der Waals surface area contributed by atoms with Crippen LogP contribution < -0.4 is 14.8 Å². The van der Waals surface area contributed by atoms with Crippen LogP contribution in [-0.2, 0) is 9.59 Å². The lowest BCUT2D eigenvalue weighted by molar-refractivity contribution is -0.135. The van der Waals surface area contributed by atoms with Crippen LogP contribution in [0, 0.1) is 0 Å². The summed E-state index contributed by atoms with van der Waals surface area (Å²) in [6.07, 6.45) is 0.933. The van der Waals surface area contributed by atoms with Crippen molar-refractivity contribution in [2.24, 2.45) is 0 Å². The number of carbonyl (C=O) groups excluding carboxylic acids is 3. The van der Waals surface area contributed by atoms with E-state index in [0.29, 0.717) is 56.1 Å². The summed E-state index contributed by atoms with van der Waals surface area (Å²) in [7, 11) is 3.06. The number of nitrogens with one attached hydrogen (secondary N) is 1. The number of amides is 3. The highest BCUT2D eigenvalue weighted by molar-refractivity contribution is 5.97. The highest BCUT2D eigenvalue weighted by Crippen LogP contribution is 2.26. The Labute approximate surface area is 152 Å². The molecule has 0 saturated carbocycles. The molecule has 3 amide bonds. The fourth-order valence-electron chi connectivity index (χ4n) is 3.30. The van der Waals surface area contributed by atoms with Gasteiger partial charge in [0.15, 0.2) is 0 Å². The molecular formula is C18H23N3O5. The molecule has 3 rings (SSSR count). The summed E-state index contributed by atoms with van der Waals surface area (Å²) >= 11 is 0. The van der Waals surface area contributed by atoms with E-state index >= 15 is 0 Å². The molecule has 2 saturated heterocycles. The first-order valence-electron chi connectivity index (χ1n) is 8.63. The number of rotatable bonds is 4. The minimum atomic E-state index is -0.428. The number of hydrogen-bond donors (Lipinski definition) is 1. The van der Waals surface area contributed by atoms with E-state index in [1.165, 1.54) is 7.11 Å². The smallest absolute Gasteiger partial charge is 0.257 e. The third-order valence-electron chi connectivity index (χ3n) is 4.81. The van der Waals surface area contributed by atoms with Crippen LogP contribution in [0.25, 0.3) is 0 Å². The van der Waals surface area contributed by atoms with Gasteiger partial charge in [-0.25, -0.2) is 0 Å². The normalized spacial score (nSPS) is 19.9. The molecule has 1 aromatic carbocycles. The summed E-state index contributed by atoms with van der Waals surface area (Å²) in [5.41, 5.74) is 0.440. The molecule has 2 aliphatic rings. The highest BCUT2D eigenvalue weighted by Gasteiger charge is 2.33. The monoisotopic (exact) mass is 361 g/mol. The molecule has 26 heavy (non-hydrogen) atoms. The predicted octanol–water partition coefficient (Wildman–Crippen LogP) is 0.267. The number of nitrogens with zero attached hydrogens (tertiary/aromatic N) is 2. The quantitative estimate of drug-likeness (QED) is 0.832. The van der Waals surface area contributed by atoms with Gasteiger partial charge in [0, 0.05) is 32.6 Å². The molecule has 1 atom stereocenters. The Kier molecular flexibility index (Phi) is 5.29. The van der Waals surface area contributed by atoms with Crippen LogP contribution in [0.3, 0.4) is 0 Å².